The molecule has 0 rings (SSSR count). The first-order chi connectivity index (χ1) is 15.6. The monoisotopic (exact) mass is 492 g/mol. The van der Waals surface area contributed by atoms with Crippen molar-refractivity contribution in [3.8, 4) is 59.7 Å². The average Bonchev–Trinajstić information content (AvgIpc) is 2.72. The van der Waals surface area contributed by atoms with Gasteiger partial charge >= 0.3 is 20.8 Å². The van der Waals surface area contributed by atoms with Gasteiger partial charge in [0.05, 0.1) is 0 Å². The first kappa shape index (κ1) is 30.0. The molecule has 0 aromatic heterocycles. The summed E-state index contributed by atoms with van der Waals surface area (Å²) in [5.74, 6) is 23.1. The summed E-state index contributed by atoms with van der Waals surface area (Å²) in [4.78, 5) is 0. The summed E-state index contributed by atoms with van der Waals surface area (Å²) in [6.45, 7) is -0.954. The summed E-state index contributed by atoms with van der Waals surface area (Å²) in [5, 5.41) is 0. The van der Waals surface area contributed by atoms with Crippen LogP contribution >= 0.6 is 0 Å². The predicted octanol–water partition coefficient (Wildman–Crippen LogP) is 2.48. The molecule has 176 valence electrons. The lowest BCUT2D eigenvalue weighted by atomic mass is 10.2. The highest BCUT2D eigenvalue weighted by Gasteiger charge is 2.18. The minimum atomic E-state index is -4.91. The lowest BCUT2D eigenvalue weighted by Crippen LogP contribution is -2.23. The molecule has 0 aromatic rings. The second-order valence-corrected chi connectivity index (χ2v) is 8.12. The van der Waals surface area contributed by atoms with Crippen molar-refractivity contribution in [1.82, 2.24) is 0 Å². The van der Waals surface area contributed by atoms with Gasteiger partial charge < -0.3 is 0 Å². The van der Waals surface area contributed by atoms with Crippen LogP contribution in [-0.4, -0.2) is 38.7 Å². The molecular formula is C23H24O8S2. The third kappa shape index (κ3) is 25.2. The molecule has 8 nitrogen and oxygen atoms in total. The zero-order chi connectivity index (χ0) is 24.8. The minimum Gasteiger partial charge on any atom is -0.264 e. The van der Waals surface area contributed by atoms with Gasteiger partial charge in [0, 0.05) is 12.8 Å². The van der Waals surface area contributed by atoms with E-state index in [-0.39, 0.29) is 0 Å². The van der Waals surface area contributed by atoms with Gasteiger partial charge in [-0.15, -0.1) is 6.42 Å². The molecule has 0 saturated heterocycles. The molecule has 0 aliphatic rings. The Morgan fingerprint density at radius 2 is 1.42 bits per heavy atom. The largest absolute Gasteiger partial charge is 0.398 e. The number of unbranched alkanes of at least 4 members (excludes halogenated alkanes) is 5. The smallest absolute Gasteiger partial charge is 0.264 e. The van der Waals surface area contributed by atoms with E-state index >= 15 is 0 Å². The summed E-state index contributed by atoms with van der Waals surface area (Å²) < 4.78 is 67.6. The molecule has 2 N–H and O–H groups in total. The van der Waals surface area contributed by atoms with E-state index in [1.165, 1.54) is 0 Å². The fraction of sp³-hybridized carbons (Fsp3) is 0.391. The Hall–Kier alpha value is -2.98. The standard InChI is InChI=1S/C23H24O8S2/c1-2-3-4-5-6-7-8-9-10-11-12-13-14-15-16-17-18-19-20-21-23(31-33(27,28)29)22-30-32(24,25)26/h1,3-4,9-10,23H,5-8,15-17,22H2,(H,24,25,26)(H,27,28,29). The van der Waals surface area contributed by atoms with E-state index in [4.69, 9.17) is 15.5 Å². The van der Waals surface area contributed by atoms with Crippen molar-refractivity contribution in [2.75, 3.05) is 6.61 Å². The van der Waals surface area contributed by atoms with Crippen LogP contribution < -0.4 is 0 Å². The molecule has 0 radical (unpaired) electrons. The van der Waals surface area contributed by atoms with E-state index in [1.807, 2.05) is 12.2 Å². The Morgan fingerprint density at radius 1 is 0.818 bits per heavy atom. The van der Waals surface area contributed by atoms with E-state index in [0.29, 0.717) is 19.3 Å². The zero-order valence-corrected chi connectivity index (χ0v) is 19.4. The summed E-state index contributed by atoms with van der Waals surface area (Å²) >= 11 is 0. The lowest BCUT2D eigenvalue weighted by molar-refractivity contribution is 0.151. The number of rotatable bonds is 12. The molecule has 0 fully saturated rings. The Bertz CT molecular complexity index is 1160. The lowest BCUT2D eigenvalue weighted by Gasteiger charge is -2.07. The topological polar surface area (TPSA) is 127 Å². The fourth-order valence-electron chi connectivity index (χ4n) is 1.88. The van der Waals surface area contributed by atoms with Crippen LogP contribution in [0.25, 0.3) is 0 Å². The number of hydrogen-bond acceptors (Lipinski definition) is 6. The highest BCUT2D eigenvalue weighted by atomic mass is 32.3. The van der Waals surface area contributed by atoms with Gasteiger partial charge in [-0.3, -0.25) is 9.11 Å². The molecule has 0 bridgehead atoms. The first-order valence-corrected chi connectivity index (χ1v) is 12.4. The summed E-state index contributed by atoms with van der Waals surface area (Å²) in [6.07, 6.45) is 16.6. The van der Waals surface area contributed by atoms with Gasteiger partial charge in [0.25, 0.3) is 0 Å². The molecule has 0 aliphatic carbocycles. The van der Waals surface area contributed by atoms with Crippen molar-refractivity contribution in [2.24, 2.45) is 0 Å². The fourth-order valence-corrected chi connectivity index (χ4v) is 2.57. The van der Waals surface area contributed by atoms with Gasteiger partial charge in [-0.1, -0.05) is 41.8 Å². The van der Waals surface area contributed by atoms with Crippen molar-refractivity contribution in [3.63, 3.8) is 0 Å². The van der Waals surface area contributed by atoms with Crippen LogP contribution in [-0.2, 0) is 29.2 Å². The van der Waals surface area contributed by atoms with Crippen LogP contribution in [0, 0.1) is 59.7 Å². The van der Waals surface area contributed by atoms with Crippen molar-refractivity contribution >= 4 is 20.8 Å². The van der Waals surface area contributed by atoms with Crippen LogP contribution in [0.3, 0.4) is 0 Å². The van der Waals surface area contributed by atoms with Crippen LogP contribution in [0.1, 0.15) is 44.9 Å². The van der Waals surface area contributed by atoms with Gasteiger partial charge in [0.1, 0.15) is 6.61 Å². The third-order valence-electron chi connectivity index (χ3n) is 3.22. The summed E-state index contributed by atoms with van der Waals surface area (Å²) in [6, 6.07) is 0. The Labute approximate surface area is 196 Å². The van der Waals surface area contributed by atoms with Gasteiger partial charge in [-0.2, -0.15) is 16.8 Å². The quantitative estimate of drug-likeness (QED) is 0.242. The highest BCUT2D eigenvalue weighted by molar-refractivity contribution is 7.81. The molecule has 10 heteroatoms. The highest BCUT2D eigenvalue weighted by Crippen LogP contribution is 2.01. The molecule has 1 unspecified atom stereocenters. The van der Waals surface area contributed by atoms with E-state index in [9.17, 15) is 16.8 Å². The van der Waals surface area contributed by atoms with Crippen molar-refractivity contribution in [3.05, 3.63) is 24.3 Å². The minimum absolute atomic E-state index is 0.457. The second-order valence-electron chi connectivity index (χ2n) is 5.98. The SMILES string of the molecule is C#CC=CCCCCC=CC#CC#CCCCC#CC#CC(COS(=O)(=O)O)OS(=O)(=O)O. The molecule has 0 amide bonds. The summed E-state index contributed by atoms with van der Waals surface area (Å²) in [5.41, 5.74) is 0. The van der Waals surface area contributed by atoms with Crippen molar-refractivity contribution in [2.45, 2.75) is 51.0 Å². The molecular weight excluding hydrogens is 468 g/mol. The molecule has 0 spiro atoms. The van der Waals surface area contributed by atoms with Crippen LogP contribution in [0.5, 0.6) is 0 Å². The van der Waals surface area contributed by atoms with Crippen LogP contribution in [0.2, 0.25) is 0 Å². The molecule has 0 aliphatic heterocycles. The van der Waals surface area contributed by atoms with Crippen LogP contribution in [0.15, 0.2) is 24.3 Å². The summed E-state index contributed by atoms with van der Waals surface area (Å²) in [7, 11) is -9.74. The maximum absolute atomic E-state index is 10.7. The van der Waals surface area contributed by atoms with Gasteiger partial charge in [-0.25, -0.2) is 8.37 Å². The van der Waals surface area contributed by atoms with Gasteiger partial charge in [0.15, 0.2) is 6.10 Å². The maximum atomic E-state index is 10.7. The molecule has 0 saturated carbocycles. The average molecular weight is 493 g/mol. The normalized spacial score (nSPS) is 11.7. The second kappa shape index (κ2) is 18.6. The van der Waals surface area contributed by atoms with E-state index in [0.717, 1.165) is 25.7 Å². The van der Waals surface area contributed by atoms with Crippen molar-refractivity contribution < 1.29 is 34.3 Å². The number of hydrogen-bond donors (Lipinski definition) is 2. The Balaban J connectivity index is 4.22. The maximum Gasteiger partial charge on any atom is 0.398 e. The third-order valence-corrected chi connectivity index (χ3v) is 4.13. The van der Waals surface area contributed by atoms with E-state index in [1.54, 1.807) is 12.2 Å². The Morgan fingerprint density at radius 3 is 2.00 bits per heavy atom. The zero-order valence-electron chi connectivity index (χ0n) is 17.8. The first-order valence-electron chi connectivity index (χ1n) is 9.64. The van der Waals surface area contributed by atoms with E-state index < -0.39 is 33.5 Å². The van der Waals surface area contributed by atoms with Gasteiger partial charge in [0.2, 0.25) is 0 Å². The van der Waals surface area contributed by atoms with Crippen LogP contribution in [0.4, 0.5) is 0 Å². The van der Waals surface area contributed by atoms with Crippen molar-refractivity contribution in [1.29, 1.82) is 0 Å². The van der Waals surface area contributed by atoms with Gasteiger partial charge in [-0.05, 0) is 67.9 Å². The molecule has 1 atom stereocenters. The number of terminal acetylenes is 1. The Kier molecular flexibility index (Phi) is 16.9. The predicted molar refractivity (Wildman–Crippen MR) is 124 cm³/mol. The molecule has 0 aromatic carbocycles. The molecule has 33 heavy (non-hydrogen) atoms. The molecule has 0 heterocycles. The number of allylic oxidation sites excluding steroid dienone is 4. The van der Waals surface area contributed by atoms with E-state index in [2.05, 4.69) is 61.7 Å².